The zero-order chi connectivity index (χ0) is 9.23. The lowest BCUT2D eigenvalue weighted by atomic mass is 10.2. The van der Waals surface area contributed by atoms with Crippen LogP contribution in [-0.2, 0) is 0 Å². The Morgan fingerprint density at radius 2 is 1.92 bits per heavy atom. The second kappa shape index (κ2) is 9.69. The van der Waals surface area contributed by atoms with Gasteiger partial charge in [-0.15, -0.1) is 11.6 Å². The average Bonchev–Trinajstić information content (AvgIpc) is 2.09. The van der Waals surface area contributed by atoms with E-state index in [2.05, 4.69) is 18.2 Å². The summed E-state index contributed by atoms with van der Waals surface area (Å²) in [6.07, 6.45) is 5.88. The monoisotopic (exact) mass is 209 g/mol. The van der Waals surface area contributed by atoms with E-state index in [1.165, 1.54) is 31.7 Å². The highest BCUT2D eigenvalue weighted by Crippen LogP contribution is 2.00. The summed E-state index contributed by atoms with van der Waals surface area (Å²) in [7, 11) is 2.19. The molecule has 0 fully saturated rings. The number of rotatable bonds is 8. The van der Waals surface area contributed by atoms with Crippen LogP contribution in [0.3, 0.4) is 0 Å². The summed E-state index contributed by atoms with van der Waals surface area (Å²) in [6, 6.07) is 0. The normalized spacial score (nSPS) is 11.0. The van der Waals surface area contributed by atoms with Crippen molar-refractivity contribution < 1.29 is 0 Å². The van der Waals surface area contributed by atoms with Crippen LogP contribution in [-0.4, -0.2) is 42.9 Å². The van der Waals surface area contributed by atoms with Gasteiger partial charge in [-0.1, -0.05) is 6.42 Å². The molecular weight excluding hydrogens is 190 g/mol. The number of hydrogen-bond acceptors (Lipinski definition) is 2. The molecule has 0 spiro atoms. The highest BCUT2D eigenvalue weighted by Gasteiger charge is 1.96. The fourth-order valence-corrected chi connectivity index (χ4v) is 1.70. The third kappa shape index (κ3) is 8.69. The molecule has 1 nitrogen and oxygen atoms in total. The molecule has 0 aromatic heterocycles. The van der Waals surface area contributed by atoms with E-state index in [-0.39, 0.29) is 0 Å². The molecule has 0 N–H and O–H groups in total. The fourth-order valence-electron chi connectivity index (χ4n) is 1.01. The molecule has 0 aliphatic rings. The van der Waals surface area contributed by atoms with Crippen LogP contribution in [0.2, 0.25) is 0 Å². The summed E-state index contributed by atoms with van der Waals surface area (Å²) >= 11 is 7.49. The minimum atomic E-state index is 0.814. The van der Waals surface area contributed by atoms with E-state index in [1.54, 1.807) is 0 Å². The topological polar surface area (TPSA) is 3.24 Å². The molecule has 0 atom stereocenters. The molecule has 0 aromatic rings. The predicted molar refractivity (Wildman–Crippen MR) is 60.5 cm³/mol. The maximum absolute atomic E-state index is 5.58. The fraction of sp³-hybridized carbons (Fsp3) is 1.00. The lowest BCUT2D eigenvalue weighted by Crippen LogP contribution is -2.22. The number of halogens is 1. The third-order valence-corrected chi connectivity index (χ3v) is 2.71. The second-order valence-corrected chi connectivity index (χ2v) is 4.41. The largest absolute Gasteiger partial charge is 0.306 e. The molecule has 0 aromatic carbocycles. The molecular formula is C9H20ClNS. The smallest absolute Gasteiger partial charge is 0.0223 e. The number of thioether (sulfide) groups is 1. The van der Waals surface area contributed by atoms with E-state index in [9.17, 15) is 0 Å². The molecule has 0 rings (SSSR count). The highest BCUT2D eigenvalue weighted by molar-refractivity contribution is 7.98. The molecule has 0 aliphatic heterocycles. The predicted octanol–water partition coefficient (Wildman–Crippen LogP) is 2.69. The Balaban J connectivity index is 3.02. The first-order valence-corrected chi connectivity index (χ1v) is 6.47. The van der Waals surface area contributed by atoms with Crippen molar-refractivity contribution in [3.8, 4) is 0 Å². The second-order valence-electron chi connectivity index (χ2n) is 3.05. The summed E-state index contributed by atoms with van der Waals surface area (Å²) in [5.74, 6) is 2.06. The molecule has 3 heteroatoms. The van der Waals surface area contributed by atoms with Crippen molar-refractivity contribution in [1.82, 2.24) is 4.90 Å². The molecule has 0 bridgehead atoms. The van der Waals surface area contributed by atoms with E-state index in [0.29, 0.717) is 0 Å². The number of hydrogen-bond donors (Lipinski definition) is 0. The molecule has 12 heavy (non-hydrogen) atoms. The Morgan fingerprint density at radius 3 is 2.50 bits per heavy atom. The van der Waals surface area contributed by atoms with Crippen molar-refractivity contribution in [2.45, 2.75) is 19.3 Å². The quantitative estimate of drug-likeness (QED) is 0.447. The van der Waals surface area contributed by atoms with E-state index in [0.717, 1.165) is 12.3 Å². The van der Waals surface area contributed by atoms with Crippen molar-refractivity contribution in [1.29, 1.82) is 0 Å². The zero-order valence-corrected chi connectivity index (χ0v) is 9.76. The van der Waals surface area contributed by atoms with E-state index >= 15 is 0 Å². The van der Waals surface area contributed by atoms with Gasteiger partial charge in [0.25, 0.3) is 0 Å². The number of nitrogens with zero attached hydrogens (tertiary/aromatic N) is 1. The minimum absolute atomic E-state index is 0.814. The summed E-state index contributed by atoms with van der Waals surface area (Å²) < 4.78 is 0. The summed E-state index contributed by atoms with van der Waals surface area (Å²) in [5.41, 5.74) is 0. The molecule has 0 unspecified atom stereocenters. The molecule has 0 aliphatic carbocycles. The van der Waals surface area contributed by atoms with Crippen LogP contribution in [0.4, 0.5) is 0 Å². The summed E-state index contributed by atoms with van der Waals surface area (Å²) in [4.78, 5) is 2.39. The SMILES string of the molecule is CSCCN(C)CCCCCCl. The molecule has 0 amide bonds. The van der Waals surface area contributed by atoms with Crippen molar-refractivity contribution in [3.63, 3.8) is 0 Å². The first-order chi connectivity index (χ1) is 5.81. The summed E-state index contributed by atoms with van der Waals surface area (Å²) in [6.45, 7) is 2.43. The Kier molecular flexibility index (Phi) is 10.2. The van der Waals surface area contributed by atoms with Crippen LogP contribution >= 0.6 is 23.4 Å². The minimum Gasteiger partial charge on any atom is -0.306 e. The maximum atomic E-state index is 5.58. The first-order valence-electron chi connectivity index (χ1n) is 4.54. The van der Waals surface area contributed by atoms with Gasteiger partial charge in [-0.3, -0.25) is 0 Å². The Bertz CT molecular complexity index is 90.6. The van der Waals surface area contributed by atoms with E-state index in [4.69, 9.17) is 11.6 Å². The van der Waals surface area contributed by atoms with Gasteiger partial charge in [0.1, 0.15) is 0 Å². The van der Waals surface area contributed by atoms with Gasteiger partial charge in [-0.25, -0.2) is 0 Å². The van der Waals surface area contributed by atoms with Crippen LogP contribution in [0.1, 0.15) is 19.3 Å². The molecule has 0 saturated carbocycles. The van der Waals surface area contributed by atoms with Gasteiger partial charge >= 0.3 is 0 Å². The van der Waals surface area contributed by atoms with Gasteiger partial charge in [0.15, 0.2) is 0 Å². The van der Waals surface area contributed by atoms with Crippen LogP contribution in [0.25, 0.3) is 0 Å². The van der Waals surface area contributed by atoms with E-state index < -0.39 is 0 Å². The van der Waals surface area contributed by atoms with Gasteiger partial charge in [0.05, 0.1) is 0 Å². The van der Waals surface area contributed by atoms with Crippen LogP contribution in [0.5, 0.6) is 0 Å². The summed E-state index contributed by atoms with van der Waals surface area (Å²) in [5, 5.41) is 0. The van der Waals surface area contributed by atoms with Crippen molar-refractivity contribution in [3.05, 3.63) is 0 Å². The third-order valence-electron chi connectivity index (χ3n) is 1.85. The van der Waals surface area contributed by atoms with Crippen LogP contribution in [0.15, 0.2) is 0 Å². The van der Waals surface area contributed by atoms with Crippen LogP contribution in [0, 0.1) is 0 Å². The first kappa shape index (κ1) is 12.6. The van der Waals surface area contributed by atoms with Gasteiger partial charge in [0, 0.05) is 18.2 Å². The maximum Gasteiger partial charge on any atom is 0.0223 e. The molecule has 0 heterocycles. The standard InChI is InChI=1S/C9H20ClNS/c1-11(8-9-12-2)7-5-3-4-6-10/h3-9H2,1-2H3. The molecule has 74 valence electrons. The van der Waals surface area contributed by atoms with Gasteiger partial charge < -0.3 is 4.90 Å². The van der Waals surface area contributed by atoms with E-state index in [1.807, 2.05) is 11.8 Å². The van der Waals surface area contributed by atoms with Gasteiger partial charge in [0.2, 0.25) is 0 Å². The lowest BCUT2D eigenvalue weighted by Gasteiger charge is -2.15. The van der Waals surface area contributed by atoms with Gasteiger partial charge in [-0.05, 0) is 32.7 Å². The van der Waals surface area contributed by atoms with Crippen molar-refractivity contribution in [2.24, 2.45) is 0 Å². The van der Waals surface area contributed by atoms with Gasteiger partial charge in [-0.2, -0.15) is 11.8 Å². The van der Waals surface area contributed by atoms with Crippen molar-refractivity contribution >= 4 is 23.4 Å². The Labute approximate surface area is 85.8 Å². The zero-order valence-electron chi connectivity index (χ0n) is 8.18. The highest BCUT2D eigenvalue weighted by atomic mass is 35.5. The number of unbranched alkanes of at least 4 members (excludes halogenated alkanes) is 2. The lowest BCUT2D eigenvalue weighted by molar-refractivity contribution is 0.345. The Morgan fingerprint density at radius 1 is 1.17 bits per heavy atom. The average molecular weight is 210 g/mol. The van der Waals surface area contributed by atoms with Crippen molar-refractivity contribution in [2.75, 3.05) is 38.0 Å². The number of alkyl halides is 1. The Hall–Kier alpha value is 0.600. The molecule has 0 radical (unpaired) electrons. The molecule has 0 saturated heterocycles. The van der Waals surface area contributed by atoms with Crippen LogP contribution < -0.4 is 0 Å².